The van der Waals surface area contributed by atoms with Gasteiger partial charge in [0.25, 0.3) is 0 Å². The van der Waals surface area contributed by atoms with Gasteiger partial charge in [-0.3, -0.25) is 0 Å². The Kier molecular flexibility index (Phi) is 6.16. The van der Waals surface area contributed by atoms with Crippen LogP contribution in [0.15, 0.2) is 78.8 Å². The second-order valence-electron chi connectivity index (χ2n) is 6.25. The van der Waals surface area contributed by atoms with Gasteiger partial charge in [-0.05, 0) is 40.8 Å². The normalized spacial score (nSPS) is 16.2. The summed E-state index contributed by atoms with van der Waals surface area (Å²) < 4.78 is 13.3. The monoisotopic (exact) mass is 309 g/mol. The van der Waals surface area contributed by atoms with Crippen LogP contribution in [0.3, 0.4) is 0 Å². The Bertz CT molecular complexity index is 668. The molecule has 0 aromatic heterocycles. The molecule has 1 atom stereocenters. The molecule has 120 valence electrons. The first kappa shape index (κ1) is 17.0. The van der Waals surface area contributed by atoms with Crippen LogP contribution in [-0.2, 0) is 0 Å². The molecule has 1 unspecified atom stereocenters. The van der Waals surface area contributed by atoms with Gasteiger partial charge in [-0.2, -0.15) is 0 Å². The minimum absolute atomic E-state index is 0.103. The van der Waals surface area contributed by atoms with Crippen LogP contribution in [0.1, 0.15) is 32.4 Å². The standard InChI is InChI=1S/C17H14FN.C4H10/c18-16-9-10-19-17(12-16)15-8-4-7-14(11-15)13-5-2-1-3-6-13;1-4(2)3/h1-12,17,19H;4H,1-3H3. The van der Waals surface area contributed by atoms with Crippen molar-refractivity contribution in [1.82, 2.24) is 5.32 Å². The summed E-state index contributed by atoms with van der Waals surface area (Å²) in [5.74, 6) is 0.633. The molecule has 2 heteroatoms. The molecule has 0 radical (unpaired) electrons. The Morgan fingerprint density at radius 3 is 2.22 bits per heavy atom. The summed E-state index contributed by atoms with van der Waals surface area (Å²) in [6.07, 6.45) is 4.66. The van der Waals surface area contributed by atoms with E-state index in [9.17, 15) is 4.39 Å². The second kappa shape index (κ2) is 8.33. The van der Waals surface area contributed by atoms with Crippen LogP contribution >= 0.6 is 0 Å². The number of allylic oxidation sites excluding steroid dienone is 2. The summed E-state index contributed by atoms with van der Waals surface area (Å²) in [5, 5.41) is 3.15. The van der Waals surface area contributed by atoms with Crippen molar-refractivity contribution in [2.24, 2.45) is 5.92 Å². The average Bonchev–Trinajstić information content (AvgIpc) is 2.55. The molecule has 3 rings (SSSR count). The lowest BCUT2D eigenvalue weighted by Crippen LogP contribution is -2.15. The molecule has 23 heavy (non-hydrogen) atoms. The van der Waals surface area contributed by atoms with Crippen molar-refractivity contribution < 1.29 is 4.39 Å². The van der Waals surface area contributed by atoms with Crippen LogP contribution in [0.4, 0.5) is 4.39 Å². The molecule has 0 saturated carbocycles. The van der Waals surface area contributed by atoms with Gasteiger partial charge in [-0.1, -0.05) is 69.3 Å². The number of dihydropyridines is 1. The predicted octanol–water partition coefficient (Wildman–Crippen LogP) is 6.03. The Labute approximate surface area is 138 Å². The van der Waals surface area contributed by atoms with E-state index >= 15 is 0 Å². The molecule has 0 bridgehead atoms. The van der Waals surface area contributed by atoms with Crippen LogP contribution in [0.5, 0.6) is 0 Å². The highest BCUT2D eigenvalue weighted by molar-refractivity contribution is 5.64. The van der Waals surface area contributed by atoms with Gasteiger partial charge in [0.1, 0.15) is 5.83 Å². The van der Waals surface area contributed by atoms with E-state index in [-0.39, 0.29) is 11.9 Å². The van der Waals surface area contributed by atoms with Gasteiger partial charge < -0.3 is 5.32 Å². The highest BCUT2D eigenvalue weighted by Crippen LogP contribution is 2.25. The zero-order valence-electron chi connectivity index (χ0n) is 14.0. The molecule has 0 fully saturated rings. The molecular weight excluding hydrogens is 285 g/mol. The number of hydrogen-bond donors (Lipinski definition) is 1. The van der Waals surface area contributed by atoms with Crippen LogP contribution in [0.25, 0.3) is 11.1 Å². The lowest BCUT2D eigenvalue weighted by atomic mass is 9.98. The maximum atomic E-state index is 13.3. The zero-order valence-corrected chi connectivity index (χ0v) is 14.0. The number of rotatable bonds is 2. The highest BCUT2D eigenvalue weighted by Gasteiger charge is 2.11. The average molecular weight is 309 g/mol. The topological polar surface area (TPSA) is 12.0 Å². The maximum absolute atomic E-state index is 13.3. The summed E-state index contributed by atoms with van der Waals surface area (Å²) in [6, 6.07) is 18.2. The fourth-order valence-electron chi connectivity index (χ4n) is 2.23. The molecule has 0 spiro atoms. The van der Waals surface area contributed by atoms with Crippen LogP contribution in [-0.4, -0.2) is 0 Å². The Balaban J connectivity index is 0.000000433. The Morgan fingerprint density at radius 2 is 1.57 bits per heavy atom. The lowest BCUT2D eigenvalue weighted by Gasteiger charge is -2.17. The van der Waals surface area contributed by atoms with Crippen molar-refractivity contribution in [3.63, 3.8) is 0 Å². The molecule has 1 heterocycles. The van der Waals surface area contributed by atoms with Crippen LogP contribution < -0.4 is 5.32 Å². The van der Waals surface area contributed by atoms with Gasteiger partial charge in [0, 0.05) is 6.20 Å². The molecule has 2 aromatic carbocycles. The van der Waals surface area contributed by atoms with Crippen molar-refractivity contribution >= 4 is 0 Å². The van der Waals surface area contributed by atoms with E-state index in [1.165, 1.54) is 11.6 Å². The number of halogens is 1. The van der Waals surface area contributed by atoms with Crippen LogP contribution in [0.2, 0.25) is 0 Å². The summed E-state index contributed by atoms with van der Waals surface area (Å²) in [7, 11) is 0. The fraction of sp³-hybridized carbons (Fsp3) is 0.238. The first-order valence-electron chi connectivity index (χ1n) is 8.01. The third kappa shape index (κ3) is 5.41. The molecule has 1 aliphatic heterocycles. The van der Waals surface area contributed by atoms with Gasteiger partial charge in [-0.15, -0.1) is 0 Å². The van der Waals surface area contributed by atoms with Gasteiger partial charge in [0.15, 0.2) is 0 Å². The number of nitrogens with one attached hydrogen (secondary N) is 1. The van der Waals surface area contributed by atoms with E-state index in [0.717, 1.165) is 17.0 Å². The van der Waals surface area contributed by atoms with E-state index in [4.69, 9.17) is 0 Å². The largest absolute Gasteiger partial charge is 0.380 e. The minimum atomic E-state index is -0.200. The molecule has 1 N–H and O–H groups in total. The molecule has 1 aliphatic rings. The van der Waals surface area contributed by atoms with Gasteiger partial charge in [0.2, 0.25) is 0 Å². The molecule has 0 amide bonds. The Hall–Kier alpha value is -2.35. The van der Waals surface area contributed by atoms with Gasteiger partial charge in [0.05, 0.1) is 6.04 Å². The molecule has 0 aliphatic carbocycles. The highest BCUT2D eigenvalue weighted by atomic mass is 19.1. The molecule has 2 aromatic rings. The lowest BCUT2D eigenvalue weighted by molar-refractivity contribution is 0.621. The van der Waals surface area contributed by atoms with Crippen molar-refractivity contribution in [2.45, 2.75) is 26.8 Å². The third-order valence-corrected chi connectivity index (χ3v) is 3.20. The van der Waals surface area contributed by atoms with Crippen molar-refractivity contribution in [3.05, 3.63) is 84.3 Å². The summed E-state index contributed by atoms with van der Waals surface area (Å²) in [6.45, 7) is 6.50. The van der Waals surface area contributed by atoms with Crippen molar-refractivity contribution in [2.75, 3.05) is 0 Å². The fourth-order valence-corrected chi connectivity index (χ4v) is 2.23. The minimum Gasteiger partial charge on any atom is -0.380 e. The molecule has 1 nitrogen and oxygen atoms in total. The van der Waals surface area contributed by atoms with E-state index < -0.39 is 0 Å². The molecule has 0 saturated heterocycles. The van der Waals surface area contributed by atoms with E-state index in [0.29, 0.717) is 0 Å². The summed E-state index contributed by atoms with van der Waals surface area (Å²) in [5.41, 5.74) is 3.37. The molecular formula is C21H24FN. The van der Waals surface area contributed by atoms with E-state index in [1.807, 2.05) is 30.3 Å². The second-order valence-corrected chi connectivity index (χ2v) is 6.25. The smallest absolute Gasteiger partial charge is 0.123 e. The van der Waals surface area contributed by atoms with Gasteiger partial charge >= 0.3 is 0 Å². The van der Waals surface area contributed by atoms with Crippen LogP contribution in [0, 0.1) is 5.92 Å². The van der Waals surface area contributed by atoms with Gasteiger partial charge in [-0.25, -0.2) is 4.39 Å². The van der Waals surface area contributed by atoms with E-state index in [2.05, 4.69) is 50.4 Å². The van der Waals surface area contributed by atoms with E-state index in [1.54, 1.807) is 12.3 Å². The predicted molar refractivity (Wildman–Crippen MR) is 96.6 cm³/mol. The Morgan fingerprint density at radius 1 is 0.913 bits per heavy atom. The van der Waals surface area contributed by atoms with Crippen molar-refractivity contribution in [1.29, 1.82) is 0 Å². The summed E-state index contributed by atoms with van der Waals surface area (Å²) >= 11 is 0. The third-order valence-electron chi connectivity index (χ3n) is 3.20. The SMILES string of the molecule is CC(C)C.FC1=CC(c2cccc(-c3ccccc3)c2)NC=C1. The first-order chi connectivity index (χ1) is 11.1. The van der Waals surface area contributed by atoms with Crippen molar-refractivity contribution in [3.8, 4) is 11.1 Å². The maximum Gasteiger partial charge on any atom is 0.123 e. The number of hydrogen-bond acceptors (Lipinski definition) is 1. The zero-order chi connectivity index (χ0) is 16.7. The first-order valence-corrected chi connectivity index (χ1v) is 8.01. The quantitative estimate of drug-likeness (QED) is 0.714. The number of benzene rings is 2. The summed E-state index contributed by atoms with van der Waals surface area (Å²) in [4.78, 5) is 0.